The average Bonchev–Trinajstić information content (AvgIpc) is 3.19. The standard InChI is InChI=1S/C19H19N3O4S/c1-24-13-8-9-17(25-2)14(10-13)16(23)11-27-19-21-20-12-22(19)15-6-4-5-7-18(15)26-3/h4-10,12H,11H2,1-3H3. The van der Waals surface area contributed by atoms with E-state index < -0.39 is 0 Å². The van der Waals surface area contributed by atoms with Gasteiger partial charge in [-0.25, -0.2) is 0 Å². The van der Waals surface area contributed by atoms with Crippen molar-refractivity contribution in [1.29, 1.82) is 0 Å². The van der Waals surface area contributed by atoms with Crippen molar-refractivity contribution in [1.82, 2.24) is 14.8 Å². The minimum Gasteiger partial charge on any atom is -0.497 e. The van der Waals surface area contributed by atoms with E-state index in [1.165, 1.54) is 18.9 Å². The molecule has 0 aliphatic heterocycles. The average molecular weight is 385 g/mol. The summed E-state index contributed by atoms with van der Waals surface area (Å²) in [7, 11) is 4.69. The molecule has 3 rings (SSSR count). The predicted molar refractivity (Wildman–Crippen MR) is 103 cm³/mol. The number of rotatable bonds is 8. The van der Waals surface area contributed by atoms with E-state index in [1.54, 1.807) is 43.3 Å². The van der Waals surface area contributed by atoms with Crippen LogP contribution in [0.25, 0.3) is 5.69 Å². The van der Waals surface area contributed by atoms with E-state index in [4.69, 9.17) is 14.2 Å². The SMILES string of the molecule is COc1ccc(OC)c(C(=O)CSc2nncn2-c2ccccc2OC)c1. The molecule has 0 amide bonds. The Bertz CT molecular complexity index is 942. The Morgan fingerprint density at radius 3 is 2.56 bits per heavy atom. The van der Waals surface area contributed by atoms with Crippen LogP contribution in [0.5, 0.6) is 17.2 Å². The van der Waals surface area contributed by atoms with Gasteiger partial charge in [0.15, 0.2) is 10.9 Å². The third-order valence-electron chi connectivity index (χ3n) is 3.90. The monoisotopic (exact) mass is 385 g/mol. The van der Waals surface area contributed by atoms with Crippen LogP contribution in [0.1, 0.15) is 10.4 Å². The van der Waals surface area contributed by atoms with Crippen LogP contribution in [0.3, 0.4) is 0 Å². The van der Waals surface area contributed by atoms with Crippen molar-refractivity contribution < 1.29 is 19.0 Å². The summed E-state index contributed by atoms with van der Waals surface area (Å²) in [4.78, 5) is 12.7. The van der Waals surface area contributed by atoms with Crippen molar-refractivity contribution in [2.24, 2.45) is 0 Å². The number of carbonyl (C=O) groups is 1. The molecule has 0 aliphatic rings. The van der Waals surface area contributed by atoms with Crippen LogP contribution >= 0.6 is 11.8 Å². The van der Waals surface area contributed by atoms with Crippen molar-refractivity contribution >= 4 is 17.5 Å². The van der Waals surface area contributed by atoms with E-state index >= 15 is 0 Å². The molecule has 0 N–H and O–H groups in total. The summed E-state index contributed by atoms with van der Waals surface area (Å²) in [5, 5.41) is 8.68. The molecule has 140 valence electrons. The molecule has 0 fully saturated rings. The third kappa shape index (κ3) is 4.06. The van der Waals surface area contributed by atoms with Crippen molar-refractivity contribution in [3.05, 3.63) is 54.4 Å². The molecule has 0 saturated carbocycles. The summed E-state index contributed by atoms with van der Waals surface area (Å²) in [6.07, 6.45) is 1.59. The summed E-state index contributed by atoms with van der Waals surface area (Å²) in [6, 6.07) is 12.7. The number of Topliss-reactive ketones (excluding diaryl/α,β-unsaturated/α-hetero) is 1. The lowest BCUT2D eigenvalue weighted by Gasteiger charge is -2.11. The highest BCUT2D eigenvalue weighted by Crippen LogP contribution is 2.29. The van der Waals surface area contributed by atoms with Gasteiger partial charge in [-0.15, -0.1) is 10.2 Å². The predicted octanol–water partition coefficient (Wildman–Crippen LogP) is 3.27. The number of hydrogen-bond donors (Lipinski definition) is 0. The fourth-order valence-electron chi connectivity index (χ4n) is 2.56. The molecular formula is C19H19N3O4S. The zero-order chi connectivity index (χ0) is 19.2. The number of para-hydroxylation sites is 2. The lowest BCUT2D eigenvalue weighted by Crippen LogP contribution is -2.07. The molecule has 0 radical (unpaired) electrons. The van der Waals surface area contributed by atoms with Crippen LogP contribution in [-0.4, -0.2) is 47.6 Å². The topological polar surface area (TPSA) is 75.5 Å². The minimum absolute atomic E-state index is 0.0923. The van der Waals surface area contributed by atoms with E-state index in [0.717, 1.165) is 5.69 Å². The van der Waals surface area contributed by atoms with Crippen molar-refractivity contribution in [3.63, 3.8) is 0 Å². The molecule has 0 unspecified atom stereocenters. The molecule has 0 atom stereocenters. The maximum Gasteiger partial charge on any atom is 0.196 e. The van der Waals surface area contributed by atoms with Crippen LogP contribution < -0.4 is 14.2 Å². The second-order valence-electron chi connectivity index (χ2n) is 5.43. The molecule has 3 aromatic rings. The number of methoxy groups -OCH3 is 3. The summed E-state index contributed by atoms with van der Waals surface area (Å²) in [5.41, 5.74) is 1.27. The summed E-state index contributed by atoms with van der Waals surface area (Å²) in [6.45, 7) is 0. The summed E-state index contributed by atoms with van der Waals surface area (Å²) < 4.78 is 17.7. The van der Waals surface area contributed by atoms with Crippen LogP contribution in [0, 0.1) is 0 Å². The number of ether oxygens (including phenoxy) is 3. The molecule has 0 saturated heterocycles. The van der Waals surface area contributed by atoms with E-state index in [1.807, 2.05) is 24.3 Å². The first kappa shape index (κ1) is 18.8. The second-order valence-corrected chi connectivity index (χ2v) is 6.38. The van der Waals surface area contributed by atoms with E-state index in [0.29, 0.717) is 28.0 Å². The number of hydrogen-bond acceptors (Lipinski definition) is 7. The van der Waals surface area contributed by atoms with E-state index in [-0.39, 0.29) is 11.5 Å². The van der Waals surface area contributed by atoms with Gasteiger partial charge in [-0.3, -0.25) is 9.36 Å². The Labute approximate surface area is 161 Å². The molecule has 0 aliphatic carbocycles. The first-order valence-corrected chi connectivity index (χ1v) is 9.08. The Morgan fingerprint density at radius 2 is 1.81 bits per heavy atom. The van der Waals surface area contributed by atoms with E-state index in [9.17, 15) is 4.79 Å². The normalized spacial score (nSPS) is 10.5. The highest BCUT2D eigenvalue weighted by Gasteiger charge is 2.17. The van der Waals surface area contributed by atoms with Gasteiger partial charge < -0.3 is 14.2 Å². The number of benzene rings is 2. The van der Waals surface area contributed by atoms with Gasteiger partial charge >= 0.3 is 0 Å². The fourth-order valence-corrected chi connectivity index (χ4v) is 3.36. The van der Waals surface area contributed by atoms with Gasteiger partial charge in [0.2, 0.25) is 0 Å². The molecule has 27 heavy (non-hydrogen) atoms. The van der Waals surface area contributed by atoms with Gasteiger partial charge in [-0.05, 0) is 30.3 Å². The lowest BCUT2D eigenvalue weighted by atomic mass is 10.1. The third-order valence-corrected chi connectivity index (χ3v) is 4.84. The van der Waals surface area contributed by atoms with Crippen LogP contribution in [0.15, 0.2) is 53.9 Å². The maximum atomic E-state index is 12.7. The van der Waals surface area contributed by atoms with Crippen LogP contribution in [0.4, 0.5) is 0 Å². The molecule has 1 aromatic heterocycles. The van der Waals surface area contributed by atoms with Gasteiger partial charge in [-0.1, -0.05) is 23.9 Å². The smallest absolute Gasteiger partial charge is 0.196 e. The zero-order valence-corrected chi connectivity index (χ0v) is 16.0. The Balaban J connectivity index is 1.81. The van der Waals surface area contributed by atoms with Gasteiger partial charge in [0.1, 0.15) is 23.6 Å². The first-order valence-electron chi connectivity index (χ1n) is 8.09. The number of thioether (sulfide) groups is 1. The Hall–Kier alpha value is -3.00. The number of carbonyl (C=O) groups excluding carboxylic acids is 1. The number of nitrogens with zero attached hydrogens (tertiary/aromatic N) is 3. The highest BCUT2D eigenvalue weighted by atomic mass is 32.2. The zero-order valence-electron chi connectivity index (χ0n) is 15.2. The van der Waals surface area contributed by atoms with Gasteiger partial charge in [0.05, 0.1) is 38.3 Å². The van der Waals surface area contributed by atoms with Crippen LogP contribution in [-0.2, 0) is 0 Å². The van der Waals surface area contributed by atoms with Crippen LogP contribution in [0.2, 0.25) is 0 Å². The number of aromatic nitrogens is 3. The number of ketones is 1. The maximum absolute atomic E-state index is 12.7. The van der Waals surface area contributed by atoms with Gasteiger partial charge in [0.25, 0.3) is 0 Å². The first-order chi connectivity index (χ1) is 13.2. The minimum atomic E-state index is -0.0923. The molecule has 0 spiro atoms. The van der Waals surface area contributed by atoms with Crippen molar-refractivity contribution in [3.8, 4) is 22.9 Å². The largest absolute Gasteiger partial charge is 0.497 e. The highest BCUT2D eigenvalue weighted by molar-refractivity contribution is 7.99. The molecule has 1 heterocycles. The van der Waals surface area contributed by atoms with Gasteiger partial charge in [0, 0.05) is 0 Å². The van der Waals surface area contributed by atoms with Crippen molar-refractivity contribution in [2.45, 2.75) is 5.16 Å². The lowest BCUT2D eigenvalue weighted by molar-refractivity contribution is 0.101. The molecule has 0 bridgehead atoms. The van der Waals surface area contributed by atoms with Crippen molar-refractivity contribution in [2.75, 3.05) is 27.1 Å². The molecule has 8 heteroatoms. The quantitative estimate of drug-likeness (QED) is 0.435. The molecule has 7 nitrogen and oxygen atoms in total. The summed E-state index contributed by atoms with van der Waals surface area (Å²) >= 11 is 1.29. The Morgan fingerprint density at radius 1 is 1.04 bits per heavy atom. The summed E-state index contributed by atoms with van der Waals surface area (Å²) in [5.74, 6) is 1.89. The Kier molecular flexibility index (Phi) is 5.97. The van der Waals surface area contributed by atoms with E-state index in [2.05, 4.69) is 10.2 Å². The fraction of sp³-hybridized carbons (Fsp3) is 0.211. The van der Waals surface area contributed by atoms with Gasteiger partial charge in [-0.2, -0.15) is 0 Å². The molecule has 2 aromatic carbocycles. The second kappa shape index (κ2) is 8.59. The molecular weight excluding hydrogens is 366 g/mol.